The van der Waals surface area contributed by atoms with Gasteiger partial charge in [0.05, 0.1) is 25.7 Å². The molecule has 25 heavy (non-hydrogen) atoms. The van der Waals surface area contributed by atoms with Gasteiger partial charge in [-0.15, -0.1) is 5.10 Å². The predicted octanol–water partition coefficient (Wildman–Crippen LogP) is 2.77. The minimum atomic E-state index is -0.385. The summed E-state index contributed by atoms with van der Waals surface area (Å²) in [5, 5.41) is 16.9. The first-order valence-electron chi connectivity index (χ1n) is 7.89. The Balaban J connectivity index is 2.23. The molecule has 0 spiro atoms. The van der Waals surface area contributed by atoms with Gasteiger partial charge in [-0.2, -0.15) is 5.26 Å². The zero-order chi connectivity index (χ0) is 18.1. The number of hydrogen-bond acceptors (Lipinski definition) is 6. The van der Waals surface area contributed by atoms with Gasteiger partial charge >= 0.3 is 0 Å². The predicted molar refractivity (Wildman–Crippen MR) is 91.5 cm³/mol. The summed E-state index contributed by atoms with van der Waals surface area (Å²) in [7, 11) is 3.15. The number of benzene rings is 1. The lowest BCUT2D eigenvalue weighted by molar-refractivity contribution is 0.354. The van der Waals surface area contributed by atoms with Crippen molar-refractivity contribution >= 4 is 0 Å². The molecule has 1 aliphatic rings. The third kappa shape index (κ3) is 2.66. The van der Waals surface area contributed by atoms with Crippen LogP contribution in [0, 0.1) is 11.3 Å². The van der Waals surface area contributed by atoms with Crippen molar-refractivity contribution in [2.75, 3.05) is 14.2 Å². The SMILES string of the molecule is COc1ccc([C@@H]2C(C#N)=C(N)Oc3n[nH]c(C(C)C)c32)cc1OC. The molecule has 1 aromatic heterocycles. The average molecular weight is 340 g/mol. The number of aromatic nitrogens is 2. The number of methoxy groups -OCH3 is 2. The molecule has 0 fully saturated rings. The van der Waals surface area contributed by atoms with Gasteiger partial charge in [-0.25, -0.2) is 0 Å². The van der Waals surface area contributed by atoms with E-state index in [2.05, 4.69) is 16.3 Å². The number of nitrogens with zero attached hydrogens (tertiary/aromatic N) is 2. The second-order valence-electron chi connectivity index (χ2n) is 6.05. The molecular weight excluding hydrogens is 320 g/mol. The summed E-state index contributed by atoms with van der Waals surface area (Å²) < 4.78 is 16.3. The molecule has 130 valence electrons. The number of ether oxygens (including phenoxy) is 3. The molecule has 0 aliphatic carbocycles. The fourth-order valence-electron chi connectivity index (χ4n) is 3.07. The fraction of sp³-hybridized carbons (Fsp3) is 0.333. The first-order valence-corrected chi connectivity index (χ1v) is 7.89. The Bertz CT molecular complexity index is 877. The van der Waals surface area contributed by atoms with Crippen molar-refractivity contribution in [2.45, 2.75) is 25.7 Å². The highest BCUT2D eigenvalue weighted by atomic mass is 16.5. The minimum Gasteiger partial charge on any atom is -0.493 e. The Labute approximate surface area is 146 Å². The van der Waals surface area contributed by atoms with E-state index in [1.165, 1.54) is 0 Å². The molecule has 3 N–H and O–H groups in total. The number of aromatic amines is 1. The molecule has 1 aromatic carbocycles. The van der Waals surface area contributed by atoms with Gasteiger partial charge in [0, 0.05) is 5.69 Å². The average Bonchev–Trinajstić information content (AvgIpc) is 3.03. The molecule has 7 heteroatoms. The van der Waals surface area contributed by atoms with Gasteiger partial charge in [-0.05, 0) is 23.6 Å². The zero-order valence-corrected chi connectivity index (χ0v) is 14.6. The molecule has 7 nitrogen and oxygen atoms in total. The number of nitrogens with two attached hydrogens (primary N) is 1. The van der Waals surface area contributed by atoms with Crippen LogP contribution in [0.25, 0.3) is 0 Å². The largest absolute Gasteiger partial charge is 0.493 e. The van der Waals surface area contributed by atoms with E-state index in [0.29, 0.717) is 23.0 Å². The third-order valence-corrected chi connectivity index (χ3v) is 4.29. The lowest BCUT2D eigenvalue weighted by atomic mass is 9.82. The van der Waals surface area contributed by atoms with Gasteiger partial charge < -0.3 is 19.9 Å². The van der Waals surface area contributed by atoms with Crippen molar-refractivity contribution in [3.8, 4) is 23.4 Å². The highest BCUT2D eigenvalue weighted by Gasteiger charge is 2.36. The van der Waals surface area contributed by atoms with Gasteiger partial charge in [0.25, 0.3) is 0 Å². The van der Waals surface area contributed by atoms with E-state index >= 15 is 0 Å². The molecule has 0 saturated heterocycles. The molecule has 0 saturated carbocycles. The van der Waals surface area contributed by atoms with Crippen LogP contribution in [0.2, 0.25) is 0 Å². The van der Waals surface area contributed by atoms with Crippen LogP contribution in [0.15, 0.2) is 29.7 Å². The number of hydrogen-bond donors (Lipinski definition) is 2. The molecule has 0 bridgehead atoms. The quantitative estimate of drug-likeness (QED) is 0.886. The number of fused-ring (bicyclic) bond motifs is 1. The van der Waals surface area contributed by atoms with Gasteiger partial charge in [0.1, 0.15) is 11.6 Å². The Hall–Kier alpha value is -3.14. The van der Waals surface area contributed by atoms with Gasteiger partial charge in [-0.3, -0.25) is 5.10 Å². The van der Waals surface area contributed by atoms with Crippen LogP contribution in [0.1, 0.15) is 42.5 Å². The second-order valence-corrected chi connectivity index (χ2v) is 6.05. The highest BCUT2D eigenvalue weighted by molar-refractivity contribution is 5.57. The summed E-state index contributed by atoms with van der Waals surface area (Å²) in [5.74, 6) is 1.46. The van der Waals surface area contributed by atoms with Crippen LogP contribution in [0.4, 0.5) is 0 Å². The maximum absolute atomic E-state index is 9.66. The first kappa shape index (κ1) is 16.7. The highest BCUT2D eigenvalue weighted by Crippen LogP contribution is 2.45. The smallest absolute Gasteiger partial charge is 0.244 e. The molecule has 0 unspecified atom stereocenters. The van der Waals surface area contributed by atoms with Crippen molar-refractivity contribution in [1.29, 1.82) is 5.26 Å². The summed E-state index contributed by atoms with van der Waals surface area (Å²) in [5.41, 5.74) is 8.91. The van der Waals surface area contributed by atoms with Gasteiger partial charge in [0.2, 0.25) is 11.8 Å². The standard InChI is InChI=1S/C18H20N4O3/c1-9(2)16-15-14(10-5-6-12(23-3)13(7-10)24-4)11(8-19)17(20)25-18(15)22-21-16/h5-7,9,14H,20H2,1-4H3,(H,21,22)/t14-/m1/s1. The maximum atomic E-state index is 9.66. The Kier molecular flexibility index (Phi) is 4.28. The van der Waals surface area contributed by atoms with E-state index in [1.807, 2.05) is 32.0 Å². The van der Waals surface area contributed by atoms with E-state index in [4.69, 9.17) is 19.9 Å². The lowest BCUT2D eigenvalue weighted by Crippen LogP contribution is -2.21. The summed E-state index contributed by atoms with van der Waals surface area (Å²) in [6, 6.07) is 7.73. The summed E-state index contributed by atoms with van der Waals surface area (Å²) in [6.07, 6.45) is 0. The van der Waals surface area contributed by atoms with E-state index in [9.17, 15) is 5.26 Å². The van der Waals surface area contributed by atoms with Gasteiger partial charge in [0.15, 0.2) is 11.5 Å². The number of nitriles is 1. The fourth-order valence-corrected chi connectivity index (χ4v) is 3.07. The summed E-state index contributed by atoms with van der Waals surface area (Å²) >= 11 is 0. The van der Waals surface area contributed by atoms with Crippen molar-refractivity contribution in [2.24, 2.45) is 5.73 Å². The number of nitrogens with one attached hydrogen (secondary N) is 1. The summed E-state index contributed by atoms with van der Waals surface area (Å²) in [6.45, 7) is 4.10. The molecule has 0 amide bonds. The molecule has 1 aliphatic heterocycles. The number of allylic oxidation sites excluding steroid dienone is 1. The van der Waals surface area contributed by atoms with Crippen LogP contribution in [0.5, 0.6) is 17.4 Å². The maximum Gasteiger partial charge on any atom is 0.244 e. The van der Waals surface area contributed by atoms with Crippen LogP contribution < -0.4 is 19.9 Å². The monoisotopic (exact) mass is 340 g/mol. The molecule has 2 aromatic rings. The van der Waals surface area contributed by atoms with Crippen molar-refractivity contribution in [1.82, 2.24) is 10.2 Å². The van der Waals surface area contributed by atoms with E-state index in [-0.39, 0.29) is 17.7 Å². The van der Waals surface area contributed by atoms with Gasteiger partial charge in [-0.1, -0.05) is 19.9 Å². The zero-order valence-electron chi connectivity index (χ0n) is 14.6. The van der Waals surface area contributed by atoms with E-state index in [0.717, 1.165) is 16.8 Å². The molecule has 3 rings (SSSR count). The molecule has 0 radical (unpaired) electrons. The first-order chi connectivity index (χ1) is 12.0. The number of H-pyrrole nitrogens is 1. The number of rotatable bonds is 4. The summed E-state index contributed by atoms with van der Waals surface area (Å²) in [4.78, 5) is 0. The van der Waals surface area contributed by atoms with E-state index in [1.54, 1.807) is 14.2 Å². The van der Waals surface area contributed by atoms with Crippen molar-refractivity contribution in [3.63, 3.8) is 0 Å². The van der Waals surface area contributed by atoms with Crippen LogP contribution in [-0.2, 0) is 0 Å². The second kappa shape index (κ2) is 6.40. The minimum absolute atomic E-state index is 0.0663. The Morgan fingerprint density at radius 2 is 2.00 bits per heavy atom. The van der Waals surface area contributed by atoms with Crippen LogP contribution in [0.3, 0.4) is 0 Å². The van der Waals surface area contributed by atoms with Crippen LogP contribution in [-0.4, -0.2) is 24.4 Å². The topological polar surface area (TPSA) is 106 Å². The molecular formula is C18H20N4O3. The Morgan fingerprint density at radius 1 is 1.28 bits per heavy atom. The normalized spacial score (nSPS) is 16.2. The Morgan fingerprint density at radius 3 is 2.60 bits per heavy atom. The van der Waals surface area contributed by atoms with Crippen molar-refractivity contribution < 1.29 is 14.2 Å². The molecule has 2 heterocycles. The lowest BCUT2D eigenvalue weighted by Gasteiger charge is -2.25. The molecule has 1 atom stereocenters. The third-order valence-electron chi connectivity index (χ3n) is 4.29. The van der Waals surface area contributed by atoms with Crippen molar-refractivity contribution in [3.05, 3.63) is 46.5 Å². The van der Waals surface area contributed by atoms with Crippen LogP contribution >= 0.6 is 0 Å². The van der Waals surface area contributed by atoms with E-state index < -0.39 is 0 Å².